The van der Waals surface area contributed by atoms with Crippen LogP contribution in [0.25, 0.3) is 0 Å². The summed E-state index contributed by atoms with van der Waals surface area (Å²) in [6.07, 6.45) is 0. The lowest BCUT2D eigenvalue weighted by Crippen LogP contribution is -2.23. The molecule has 0 atom stereocenters. The predicted octanol–water partition coefficient (Wildman–Crippen LogP) is 4.39. The van der Waals surface area contributed by atoms with Gasteiger partial charge in [0.15, 0.2) is 0 Å². The van der Waals surface area contributed by atoms with Gasteiger partial charge in [-0.15, -0.1) is 12.4 Å². The summed E-state index contributed by atoms with van der Waals surface area (Å²) in [7, 11) is 0. The summed E-state index contributed by atoms with van der Waals surface area (Å²) in [4.78, 5) is 24.3. The molecule has 0 unspecified atom stereocenters. The van der Waals surface area contributed by atoms with Gasteiger partial charge in [0.2, 0.25) is 0 Å². The van der Waals surface area contributed by atoms with Gasteiger partial charge < -0.3 is 20.5 Å². The Bertz CT molecular complexity index is 1160. The highest BCUT2D eigenvalue weighted by atomic mass is 35.5. The third-order valence-corrected chi connectivity index (χ3v) is 4.96. The summed E-state index contributed by atoms with van der Waals surface area (Å²) in [6, 6.07) is 19.5. The van der Waals surface area contributed by atoms with E-state index in [1.165, 1.54) is 0 Å². The maximum Gasteiger partial charge on any atom is 0.338 e. The van der Waals surface area contributed by atoms with E-state index < -0.39 is 0 Å². The van der Waals surface area contributed by atoms with Gasteiger partial charge >= 0.3 is 5.97 Å². The van der Waals surface area contributed by atoms with Crippen molar-refractivity contribution in [3.8, 4) is 5.75 Å². The maximum atomic E-state index is 12.5. The van der Waals surface area contributed by atoms with Gasteiger partial charge in [-0.05, 0) is 49.7 Å². The van der Waals surface area contributed by atoms with Gasteiger partial charge in [-0.25, -0.2) is 4.79 Å². The molecular weight excluding hydrogens is 454 g/mol. The van der Waals surface area contributed by atoms with Gasteiger partial charge in [0.1, 0.15) is 18.2 Å². The van der Waals surface area contributed by atoms with Crippen LogP contribution in [0.4, 0.5) is 0 Å². The number of benzene rings is 3. The number of rotatable bonds is 9. The summed E-state index contributed by atoms with van der Waals surface area (Å²) in [5.74, 6) is -0.115. The molecule has 0 aliphatic carbocycles. The molecule has 0 saturated heterocycles. The molecule has 0 aromatic heterocycles. The summed E-state index contributed by atoms with van der Waals surface area (Å²) in [5, 5.41) is 10.6. The molecule has 0 heterocycles. The number of nitrogen functional groups attached to an aromatic ring is 1. The largest absolute Gasteiger partial charge is 0.489 e. The van der Waals surface area contributed by atoms with E-state index in [1.807, 2.05) is 25.1 Å². The van der Waals surface area contributed by atoms with E-state index in [-0.39, 0.29) is 43.3 Å². The molecule has 1 amide bonds. The van der Waals surface area contributed by atoms with E-state index in [0.29, 0.717) is 29.0 Å². The topological polar surface area (TPSA) is 114 Å². The molecule has 7 nitrogen and oxygen atoms in total. The quantitative estimate of drug-likeness (QED) is 0.238. The fourth-order valence-corrected chi connectivity index (χ4v) is 3.18. The van der Waals surface area contributed by atoms with Crippen molar-refractivity contribution in [1.82, 2.24) is 5.32 Å². The average molecular weight is 482 g/mol. The first-order valence-electron chi connectivity index (χ1n) is 10.6. The summed E-state index contributed by atoms with van der Waals surface area (Å²) >= 11 is 0. The van der Waals surface area contributed by atoms with Gasteiger partial charge in [-0.1, -0.05) is 42.0 Å². The molecule has 4 N–H and O–H groups in total. The highest BCUT2D eigenvalue weighted by Crippen LogP contribution is 2.22. The standard InChI is InChI=1S/C26H27N3O4.ClH/c1-3-32-26(31)19-9-7-18(8-10-19)16-33-23-14-20(24(27)28)11-12-22(23)15-29-25(30)21-6-4-5-17(2)13-21;/h4-14H,3,15-16H2,1-2H3,(H3,27,28)(H,29,30);1H. The number of carbonyl (C=O) groups is 2. The van der Waals surface area contributed by atoms with Crippen LogP contribution in [0.5, 0.6) is 5.75 Å². The van der Waals surface area contributed by atoms with Crippen LogP contribution < -0.4 is 15.8 Å². The molecule has 3 aromatic rings. The van der Waals surface area contributed by atoms with Gasteiger partial charge in [0.05, 0.1) is 12.2 Å². The second kappa shape index (κ2) is 12.4. The highest BCUT2D eigenvalue weighted by Gasteiger charge is 2.11. The molecule has 3 aromatic carbocycles. The van der Waals surface area contributed by atoms with Gasteiger partial charge in [-0.3, -0.25) is 10.2 Å². The van der Waals surface area contributed by atoms with Gasteiger partial charge in [0, 0.05) is 23.2 Å². The fraction of sp³-hybridized carbons (Fsp3) is 0.192. The number of amides is 1. The zero-order valence-electron chi connectivity index (χ0n) is 19.1. The van der Waals surface area contributed by atoms with Crippen molar-refractivity contribution in [3.05, 3.63) is 100 Å². The number of ether oxygens (including phenoxy) is 2. The SMILES string of the molecule is CCOC(=O)c1ccc(COc2cc(C(=N)N)ccc2CNC(=O)c2cccc(C)c2)cc1.Cl. The van der Waals surface area contributed by atoms with E-state index in [2.05, 4.69) is 5.32 Å². The van der Waals surface area contributed by atoms with Gasteiger partial charge in [-0.2, -0.15) is 0 Å². The molecular formula is C26H28ClN3O4. The van der Waals surface area contributed by atoms with E-state index in [4.69, 9.17) is 20.6 Å². The van der Waals surface area contributed by atoms with E-state index in [0.717, 1.165) is 16.7 Å². The molecule has 0 fully saturated rings. The fourth-order valence-electron chi connectivity index (χ4n) is 3.18. The monoisotopic (exact) mass is 481 g/mol. The number of carbonyl (C=O) groups excluding carboxylic acids is 2. The molecule has 0 radical (unpaired) electrons. The summed E-state index contributed by atoms with van der Waals surface area (Å²) in [6.45, 7) is 4.50. The van der Waals surface area contributed by atoms with Crippen LogP contribution in [0.2, 0.25) is 0 Å². The van der Waals surface area contributed by atoms with Crippen molar-refractivity contribution in [2.45, 2.75) is 27.0 Å². The number of esters is 1. The van der Waals surface area contributed by atoms with Crippen LogP contribution in [0, 0.1) is 12.3 Å². The lowest BCUT2D eigenvalue weighted by Gasteiger charge is -2.14. The summed E-state index contributed by atoms with van der Waals surface area (Å²) < 4.78 is 11.0. The Morgan fingerprint density at radius 1 is 0.971 bits per heavy atom. The number of amidine groups is 1. The third kappa shape index (κ3) is 7.08. The first-order valence-corrected chi connectivity index (χ1v) is 10.6. The van der Waals surface area contributed by atoms with Crippen molar-refractivity contribution in [1.29, 1.82) is 5.41 Å². The Hall–Kier alpha value is -3.84. The number of halogens is 1. The normalized spacial score (nSPS) is 10.1. The maximum absolute atomic E-state index is 12.5. The van der Waals surface area contributed by atoms with E-state index in [9.17, 15) is 9.59 Å². The summed E-state index contributed by atoms with van der Waals surface area (Å²) in [5.41, 5.74) is 9.83. The molecule has 178 valence electrons. The molecule has 8 heteroatoms. The number of nitrogens with two attached hydrogens (primary N) is 1. The Morgan fingerprint density at radius 3 is 2.32 bits per heavy atom. The lowest BCUT2D eigenvalue weighted by molar-refractivity contribution is 0.0526. The number of hydrogen-bond acceptors (Lipinski definition) is 5. The minimum atomic E-state index is -0.370. The molecule has 0 aliphatic heterocycles. The van der Waals surface area contributed by atoms with Gasteiger partial charge in [0.25, 0.3) is 5.91 Å². The minimum absolute atomic E-state index is 0. The van der Waals surface area contributed by atoms with Crippen LogP contribution in [-0.4, -0.2) is 24.3 Å². The molecule has 0 saturated carbocycles. The van der Waals surface area contributed by atoms with Crippen molar-refractivity contribution in [2.75, 3.05) is 6.61 Å². The Morgan fingerprint density at radius 2 is 1.68 bits per heavy atom. The highest BCUT2D eigenvalue weighted by molar-refractivity contribution is 5.96. The zero-order valence-corrected chi connectivity index (χ0v) is 19.9. The second-order valence-electron chi connectivity index (χ2n) is 7.49. The van der Waals surface area contributed by atoms with Crippen molar-refractivity contribution in [3.63, 3.8) is 0 Å². The first-order chi connectivity index (χ1) is 15.9. The van der Waals surface area contributed by atoms with Crippen LogP contribution in [0.3, 0.4) is 0 Å². The van der Waals surface area contributed by atoms with Crippen LogP contribution in [-0.2, 0) is 17.9 Å². The Labute approximate surface area is 205 Å². The molecule has 0 spiro atoms. The van der Waals surface area contributed by atoms with Crippen LogP contribution in [0.1, 0.15) is 49.9 Å². The number of aryl methyl sites for hydroxylation is 1. The van der Waals surface area contributed by atoms with Crippen molar-refractivity contribution >= 4 is 30.1 Å². The second-order valence-corrected chi connectivity index (χ2v) is 7.49. The third-order valence-electron chi connectivity index (χ3n) is 4.96. The molecule has 0 aliphatic rings. The molecule has 0 bridgehead atoms. The van der Waals surface area contributed by atoms with Crippen molar-refractivity contribution < 1.29 is 19.1 Å². The predicted molar refractivity (Wildman–Crippen MR) is 134 cm³/mol. The Balaban J connectivity index is 0.00000408. The van der Waals surface area contributed by atoms with Crippen molar-refractivity contribution in [2.24, 2.45) is 5.73 Å². The lowest BCUT2D eigenvalue weighted by atomic mass is 10.1. The van der Waals surface area contributed by atoms with E-state index in [1.54, 1.807) is 55.5 Å². The molecule has 3 rings (SSSR count). The minimum Gasteiger partial charge on any atom is -0.489 e. The smallest absolute Gasteiger partial charge is 0.338 e. The van der Waals surface area contributed by atoms with Crippen LogP contribution in [0.15, 0.2) is 66.7 Å². The van der Waals surface area contributed by atoms with Crippen LogP contribution >= 0.6 is 12.4 Å². The average Bonchev–Trinajstić information content (AvgIpc) is 2.81. The Kier molecular flexibility index (Phi) is 9.64. The number of hydrogen-bond donors (Lipinski definition) is 3. The van der Waals surface area contributed by atoms with E-state index >= 15 is 0 Å². The molecule has 34 heavy (non-hydrogen) atoms. The number of nitrogens with one attached hydrogen (secondary N) is 2. The zero-order chi connectivity index (χ0) is 23.8. The first kappa shape index (κ1) is 26.4.